The van der Waals surface area contributed by atoms with E-state index in [1.807, 2.05) is 24.4 Å². The van der Waals surface area contributed by atoms with Gasteiger partial charge in [0.1, 0.15) is 5.60 Å². The van der Waals surface area contributed by atoms with Crippen LogP contribution in [-0.2, 0) is 22.5 Å². The third-order valence-corrected chi connectivity index (χ3v) is 8.23. The van der Waals surface area contributed by atoms with Crippen molar-refractivity contribution in [1.29, 1.82) is 0 Å². The Kier molecular flexibility index (Phi) is 7.37. The Labute approximate surface area is 250 Å². The van der Waals surface area contributed by atoms with Crippen LogP contribution in [0.3, 0.4) is 0 Å². The van der Waals surface area contributed by atoms with E-state index >= 15 is 0 Å². The van der Waals surface area contributed by atoms with Crippen molar-refractivity contribution in [2.75, 3.05) is 0 Å². The Balaban J connectivity index is 1.39. The Morgan fingerprint density at radius 1 is 0.683 bits per heavy atom. The van der Waals surface area contributed by atoms with Crippen molar-refractivity contribution in [2.24, 2.45) is 0 Å². The number of hydrogen-bond acceptors (Lipinski definition) is 2. The minimum atomic E-state index is -0.770. The van der Waals surface area contributed by atoms with E-state index in [0.717, 1.165) is 38.0 Å². The zero-order valence-corrected chi connectivity index (χ0v) is 25.2. The van der Waals surface area contributed by atoms with E-state index < -0.39 is 5.60 Å². The van der Waals surface area contributed by atoms with Gasteiger partial charge in [-0.15, -0.1) is 0 Å². The minimum Gasteiger partial charge on any atom is -0.356 e. The lowest BCUT2D eigenvalue weighted by Crippen LogP contribution is -2.32. The lowest BCUT2D eigenvalue weighted by molar-refractivity contribution is 0.000128. The van der Waals surface area contributed by atoms with Crippen LogP contribution in [-0.4, -0.2) is 9.55 Å². The largest absolute Gasteiger partial charge is 0.356 e. The van der Waals surface area contributed by atoms with E-state index in [2.05, 4.69) is 151 Å². The summed E-state index contributed by atoms with van der Waals surface area (Å²) >= 11 is 3.77. The molecule has 0 saturated heterocycles. The van der Waals surface area contributed by atoms with E-state index in [1.54, 1.807) is 0 Å². The Hall–Kier alpha value is -3.99. The molecule has 0 aliphatic heterocycles. The molecule has 0 N–H and O–H groups in total. The van der Waals surface area contributed by atoms with Crippen LogP contribution in [0.5, 0.6) is 0 Å². The molecule has 41 heavy (non-hydrogen) atoms. The van der Waals surface area contributed by atoms with Gasteiger partial charge in [0, 0.05) is 33.4 Å². The summed E-state index contributed by atoms with van der Waals surface area (Å²) in [6.45, 7) is 7.08. The Bertz CT molecular complexity index is 1660. The van der Waals surface area contributed by atoms with E-state index in [4.69, 9.17) is 9.72 Å². The summed E-state index contributed by atoms with van der Waals surface area (Å²) in [6.07, 6.45) is 4.12. The van der Waals surface area contributed by atoms with Crippen molar-refractivity contribution in [3.8, 4) is 11.3 Å². The van der Waals surface area contributed by atoms with Crippen molar-refractivity contribution in [3.05, 3.63) is 160 Å². The first-order chi connectivity index (χ1) is 19.9. The van der Waals surface area contributed by atoms with Gasteiger partial charge >= 0.3 is 0 Å². The molecule has 0 aliphatic rings. The summed E-state index contributed by atoms with van der Waals surface area (Å²) in [6, 6.07) is 42.1. The Morgan fingerprint density at radius 2 is 1.24 bits per heavy atom. The van der Waals surface area contributed by atoms with E-state index in [9.17, 15) is 0 Å². The van der Waals surface area contributed by atoms with Crippen LogP contribution in [0.1, 0.15) is 43.0 Å². The average Bonchev–Trinajstić information content (AvgIpc) is 3.37. The topological polar surface area (TPSA) is 27.1 Å². The molecule has 0 fully saturated rings. The van der Waals surface area contributed by atoms with Crippen molar-refractivity contribution in [2.45, 2.75) is 38.5 Å². The van der Waals surface area contributed by atoms with Crippen molar-refractivity contribution < 1.29 is 4.74 Å². The summed E-state index contributed by atoms with van der Waals surface area (Å²) in [5.41, 5.74) is 6.67. The fourth-order valence-corrected chi connectivity index (χ4v) is 6.13. The van der Waals surface area contributed by atoms with Crippen LogP contribution >= 0.6 is 15.9 Å². The molecule has 2 aromatic heterocycles. The van der Waals surface area contributed by atoms with Gasteiger partial charge < -0.3 is 9.30 Å². The van der Waals surface area contributed by atoms with Gasteiger partial charge in [-0.25, -0.2) is 0 Å². The maximum atomic E-state index is 7.01. The number of benzene rings is 4. The molecule has 6 rings (SSSR count). The molecule has 4 aromatic carbocycles. The fraction of sp³-hybridized carbons (Fsp3) is 0.162. The highest BCUT2D eigenvalue weighted by molar-refractivity contribution is 9.10. The van der Waals surface area contributed by atoms with Crippen LogP contribution in [0.15, 0.2) is 138 Å². The number of pyridine rings is 1. The van der Waals surface area contributed by atoms with Gasteiger partial charge in [-0.2, -0.15) is 0 Å². The van der Waals surface area contributed by atoms with Gasteiger partial charge in [0.25, 0.3) is 0 Å². The monoisotopic (exact) mass is 600 g/mol. The highest BCUT2D eigenvalue weighted by Gasteiger charge is 2.37. The number of para-hydroxylation sites is 1. The standard InChI is InChI=1S/C37H33BrN2O/c1-36(2,3)40-25-33(38)31-20-13-21-32(35(31)40)34-23-22-27(24-39-34)26-41-37(28-14-7-4-8-15-28,29-16-9-5-10-17-29)30-18-11-6-12-19-30/h4-25H,26H2,1-3H3. The molecule has 4 heteroatoms. The number of ether oxygens (including phenoxy) is 1. The molecule has 0 aliphatic carbocycles. The molecule has 0 saturated carbocycles. The molecule has 0 amide bonds. The number of rotatable bonds is 7. The zero-order chi connectivity index (χ0) is 28.5. The molecule has 204 valence electrons. The average molecular weight is 602 g/mol. The van der Waals surface area contributed by atoms with E-state index in [0.29, 0.717) is 6.61 Å². The number of aromatic nitrogens is 2. The first kappa shape index (κ1) is 27.2. The van der Waals surface area contributed by atoms with E-state index in [1.165, 1.54) is 10.9 Å². The van der Waals surface area contributed by atoms with Gasteiger partial charge in [-0.05, 0) is 65.0 Å². The van der Waals surface area contributed by atoms with E-state index in [-0.39, 0.29) is 5.54 Å². The molecule has 6 aromatic rings. The lowest BCUT2D eigenvalue weighted by Gasteiger charge is -2.36. The highest BCUT2D eigenvalue weighted by atomic mass is 79.9. The molecule has 2 heterocycles. The highest BCUT2D eigenvalue weighted by Crippen LogP contribution is 2.41. The van der Waals surface area contributed by atoms with Crippen molar-refractivity contribution in [1.82, 2.24) is 9.55 Å². The lowest BCUT2D eigenvalue weighted by atomic mass is 9.80. The molecule has 3 nitrogen and oxygen atoms in total. The van der Waals surface area contributed by atoms with Crippen molar-refractivity contribution >= 4 is 26.8 Å². The quantitative estimate of drug-likeness (QED) is 0.170. The van der Waals surface area contributed by atoms with Crippen LogP contribution in [0.2, 0.25) is 0 Å². The summed E-state index contributed by atoms with van der Waals surface area (Å²) in [5, 5.41) is 1.19. The second kappa shape index (κ2) is 11.1. The van der Waals surface area contributed by atoms with Crippen molar-refractivity contribution in [3.63, 3.8) is 0 Å². The summed E-state index contributed by atoms with van der Waals surface area (Å²) in [7, 11) is 0. The normalized spacial score (nSPS) is 12.1. The van der Waals surface area contributed by atoms with Gasteiger partial charge in [0.05, 0.1) is 17.8 Å². The number of hydrogen-bond donors (Lipinski definition) is 0. The van der Waals surface area contributed by atoms with Crippen LogP contribution in [0, 0.1) is 0 Å². The second-order valence-electron chi connectivity index (χ2n) is 11.3. The number of halogens is 1. The summed E-state index contributed by atoms with van der Waals surface area (Å²) < 4.78 is 10.4. The van der Waals surface area contributed by atoms with Crippen LogP contribution in [0.25, 0.3) is 22.2 Å². The maximum absolute atomic E-state index is 7.01. The fourth-order valence-electron chi connectivity index (χ4n) is 5.61. The zero-order valence-electron chi connectivity index (χ0n) is 23.6. The molecule has 0 unspecified atom stereocenters. The second-order valence-corrected chi connectivity index (χ2v) is 12.2. The first-order valence-electron chi connectivity index (χ1n) is 13.9. The molecular formula is C37H33BrN2O. The molecule has 0 radical (unpaired) electrons. The first-order valence-corrected chi connectivity index (χ1v) is 14.7. The third-order valence-electron chi connectivity index (χ3n) is 7.60. The van der Waals surface area contributed by atoms with Crippen LogP contribution < -0.4 is 0 Å². The predicted molar refractivity (Wildman–Crippen MR) is 172 cm³/mol. The van der Waals surface area contributed by atoms with Gasteiger partial charge in [-0.3, -0.25) is 4.98 Å². The minimum absolute atomic E-state index is 0.0657. The van der Waals surface area contributed by atoms with Gasteiger partial charge in [0.15, 0.2) is 0 Å². The summed E-state index contributed by atoms with van der Waals surface area (Å²) in [4.78, 5) is 4.94. The van der Waals surface area contributed by atoms with Gasteiger partial charge in [-0.1, -0.05) is 115 Å². The SMILES string of the molecule is CC(C)(C)n1cc(Br)c2cccc(-c3ccc(COC(c4ccccc4)(c4ccccc4)c4ccccc4)cn3)c21. The van der Waals surface area contributed by atoms with Crippen LogP contribution in [0.4, 0.5) is 0 Å². The molecular weight excluding hydrogens is 568 g/mol. The maximum Gasteiger partial charge on any atom is 0.144 e. The Morgan fingerprint density at radius 3 is 1.73 bits per heavy atom. The predicted octanol–water partition coefficient (Wildman–Crippen LogP) is 9.73. The molecule has 0 spiro atoms. The number of fused-ring (bicyclic) bond motifs is 1. The summed E-state index contributed by atoms with van der Waals surface area (Å²) in [5.74, 6) is 0. The number of nitrogens with zero attached hydrogens (tertiary/aromatic N) is 2. The smallest absolute Gasteiger partial charge is 0.144 e. The third kappa shape index (κ3) is 5.14. The molecule has 0 atom stereocenters. The van der Waals surface area contributed by atoms with Gasteiger partial charge in [0.2, 0.25) is 0 Å². The molecule has 0 bridgehead atoms.